The minimum absolute atomic E-state index is 0.397. The molecular formula is C12H21N. The van der Waals surface area contributed by atoms with Crippen molar-refractivity contribution in [3.63, 3.8) is 0 Å². The van der Waals surface area contributed by atoms with Gasteiger partial charge in [-0.2, -0.15) is 0 Å². The zero-order valence-corrected chi connectivity index (χ0v) is 9.22. The fourth-order valence-corrected chi connectivity index (χ4v) is 1.15. The predicted octanol–water partition coefficient (Wildman–Crippen LogP) is 3.25. The molecule has 0 aliphatic heterocycles. The van der Waals surface area contributed by atoms with Crippen molar-refractivity contribution in [2.24, 2.45) is 17.6 Å². The molecule has 0 aromatic rings. The molecule has 0 heterocycles. The summed E-state index contributed by atoms with van der Waals surface area (Å²) in [5, 5.41) is 0. The molecule has 0 saturated heterocycles. The second-order valence-corrected chi connectivity index (χ2v) is 3.91. The lowest BCUT2D eigenvalue weighted by molar-refractivity contribution is 0.743. The van der Waals surface area contributed by atoms with Gasteiger partial charge in [0, 0.05) is 5.70 Å². The van der Waals surface area contributed by atoms with E-state index in [9.17, 15) is 0 Å². The van der Waals surface area contributed by atoms with Crippen LogP contribution in [0.2, 0.25) is 0 Å². The van der Waals surface area contributed by atoms with E-state index in [2.05, 4.69) is 40.9 Å². The van der Waals surface area contributed by atoms with Gasteiger partial charge in [0.1, 0.15) is 0 Å². The van der Waals surface area contributed by atoms with Crippen molar-refractivity contribution in [3.8, 4) is 0 Å². The molecular weight excluding hydrogens is 158 g/mol. The Morgan fingerprint density at radius 3 is 1.85 bits per heavy atom. The topological polar surface area (TPSA) is 26.0 Å². The Hall–Kier alpha value is -0.980. The van der Waals surface area contributed by atoms with E-state index in [1.54, 1.807) is 0 Å². The lowest BCUT2D eigenvalue weighted by Gasteiger charge is -2.16. The molecule has 0 aliphatic carbocycles. The molecule has 0 aromatic heterocycles. The highest BCUT2D eigenvalue weighted by molar-refractivity contribution is 5.37. The normalized spacial score (nSPS) is 13.1. The van der Waals surface area contributed by atoms with Crippen molar-refractivity contribution < 1.29 is 0 Å². The second kappa shape index (κ2) is 4.90. The van der Waals surface area contributed by atoms with Gasteiger partial charge < -0.3 is 5.73 Å². The zero-order chi connectivity index (χ0) is 10.6. The van der Waals surface area contributed by atoms with Gasteiger partial charge in [0.15, 0.2) is 0 Å². The average molecular weight is 179 g/mol. The Morgan fingerprint density at radius 2 is 1.62 bits per heavy atom. The Morgan fingerprint density at radius 1 is 1.15 bits per heavy atom. The largest absolute Gasteiger partial charge is 0.398 e. The predicted molar refractivity (Wildman–Crippen MR) is 60.2 cm³/mol. The Bertz CT molecular complexity index is 232. The lowest BCUT2D eigenvalue weighted by atomic mass is 9.93. The summed E-state index contributed by atoms with van der Waals surface area (Å²) in [7, 11) is 0. The van der Waals surface area contributed by atoms with Crippen molar-refractivity contribution in [2.45, 2.75) is 27.7 Å². The van der Waals surface area contributed by atoms with Gasteiger partial charge in [0.25, 0.3) is 0 Å². The highest BCUT2D eigenvalue weighted by Crippen LogP contribution is 2.21. The van der Waals surface area contributed by atoms with Crippen molar-refractivity contribution in [2.75, 3.05) is 0 Å². The zero-order valence-electron chi connectivity index (χ0n) is 9.22. The van der Waals surface area contributed by atoms with Crippen LogP contribution < -0.4 is 5.73 Å². The second-order valence-electron chi connectivity index (χ2n) is 3.91. The monoisotopic (exact) mass is 179 g/mol. The first kappa shape index (κ1) is 12.0. The van der Waals surface area contributed by atoms with Gasteiger partial charge in [-0.25, -0.2) is 0 Å². The molecule has 0 amide bonds. The van der Waals surface area contributed by atoms with Crippen LogP contribution in [0, 0.1) is 11.8 Å². The summed E-state index contributed by atoms with van der Waals surface area (Å²) in [5.74, 6) is 0.807. The summed E-state index contributed by atoms with van der Waals surface area (Å²) < 4.78 is 0. The van der Waals surface area contributed by atoms with Crippen LogP contribution in [0.15, 0.2) is 36.1 Å². The maximum atomic E-state index is 5.98. The summed E-state index contributed by atoms with van der Waals surface area (Å²) in [6.45, 7) is 16.1. The minimum atomic E-state index is 0.397. The van der Waals surface area contributed by atoms with E-state index in [1.807, 2.05) is 6.08 Å². The summed E-state index contributed by atoms with van der Waals surface area (Å²) >= 11 is 0. The van der Waals surface area contributed by atoms with Crippen molar-refractivity contribution >= 4 is 0 Å². The van der Waals surface area contributed by atoms with Gasteiger partial charge in [-0.3, -0.25) is 0 Å². The van der Waals surface area contributed by atoms with E-state index in [0.29, 0.717) is 11.8 Å². The van der Waals surface area contributed by atoms with Crippen LogP contribution in [-0.2, 0) is 0 Å². The average Bonchev–Trinajstić information content (AvgIpc) is 2.03. The molecule has 0 radical (unpaired) electrons. The third-order valence-corrected chi connectivity index (χ3v) is 2.20. The van der Waals surface area contributed by atoms with Crippen LogP contribution in [0.5, 0.6) is 0 Å². The van der Waals surface area contributed by atoms with Crippen molar-refractivity contribution in [1.29, 1.82) is 0 Å². The van der Waals surface area contributed by atoms with Gasteiger partial charge in [0.05, 0.1) is 0 Å². The molecule has 0 spiro atoms. The molecule has 0 aromatic carbocycles. The smallest absolute Gasteiger partial charge is 0.0378 e. The van der Waals surface area contributed by atoms with Crippen LogP contribution in [0.4, 0.5) is 0 Å². The highest BCUT2D eigenvalue weighted by atomic mass is 14.6. The van der Waals surface area contributed by atoms with Crippen LogP contribution in [-0.4, -0.2) is 0 Å². The summed E-state index contributed by atoms with van der Waals surface area (Å²) in [5.41, 5.74) is 8.89. The number of allylic oxidation sites excluding steroid dienone is 3. The maximum absolute atomic E-state index is 5.98. The molecule has 2 N–H and O–H groups in total. The van der Waals surface area contributed by atoms with E-state index in [-0.39, 0.29) is 0 Å². The number of rotatable bonds is 4. The quantitative estimate of drug-likeness (QED) is 0.659. The highest BCUT2D eigenvalue weighted by Gasteiger charge is 2.09. The Balaban J connectivity index is 4.96. The number of hydrogen-bond acceptors (Lipinski definition) is 1. The van der Waals surface area contributed by atoms with E-state index in [0.717, 1.165) is 16.8 Å². The SMILES string of the molecule is C=C/C(=C(/N)C(=C)C(C)C)C(C)C. The van der Waals surface area contributed by atoms with Gasteiger partial charge >= 0.3 is 0 Å². The van der Waals surface area contributed by atoms with Crippen LogP contribution in [0.1, 0.15) is 27.7 Å². The summed E-state index contributed by atoms with van der Waals surface area (Å²) in [6.07, 6.45) is 1.83. The summed E-state index contributed by atoms with van der Waals surface area (Å²) in [4.78, 5) is 0. The van der Waals surface area contributed by atoms with E-state index in [4.69, 9.17) is 5.73 Å². The molecule has 74 valence electrons. The van der Waals surface area contributed by atoms with Gasteiger partial charge in [0.2, 0.25) is 0 Å². The standard InChI is InChI=1S/C12H21N/c1-7-11(9(4)5)12(13)10(6)8(2)3/h7-9H,1,6,13H2,2-5H3/b12-11-. The van der Waals surface area contributed by atoms with Crippen LogP contribution in [0.3, 0.4) is 0 Å². The van der Waals surface area contributed by atoms with E-state index < -0.39 is 0 Å². The first-order chi connectivity index (χ1) is 5.91. The molecule has 0 bridgehead atoms. The maximum Gasteiger partial charge on any atom is 0.0378 e. The fourth-order valence-electron chi connectivity index (χ4n) is 1.15. The Labute approximate surface area is 82.0 Å². The molecule has 0 saturated carbocycles. The molecule has 13 heavy (non-hydrogen) atoms. The first-order valence-electron chi connectivity index (χ1n) is 4.73. The Kier molecular flexibility index (Phi) is 4.53. The molecule has 0 atom stereocenters. The van der Waals surface area contributed by atoms with Gasteiger partial charge in [-0.15, -0.1) is 0 Å². The number of nitrogens with two attached hydrogens (primary N) is 1. The molecule has 0 rings (SSSR count). The third-order valence-electron chi connectivity index (χ3n) is 2.20. The first-order valence-corrected chi connectivity index (χ1v) is 4.73. The van der Waals surface area contributed by atoms with Crippen LogP contribution in [0.25, 0.3) is 0 Å². The summed E-state index contributed by atoms with van der Waals surface area (Å²) in [6, 6.07) is 0. The molecule has 0 fully saturated rings. The third kappa shape index (κ3) is 3.10. The molecule has 0 unspecified atom stereocenters. The van der Waals surface area contributed by atoms with Crippen molar-refractivity contribution in [3.05, 3.63) is 36.1 Å². The number of hydrogen-bond donors (Lipinski definition) is 1. The van der Waals surface area contributed by atoms with E-state index in [1.165, 1.54) is 0 Å². The van der Waals surface area contributed by atoms with E-state index >= 15 is 0 Å². The van der Waals surface area contributed by atoms with Gasteiger partial charge in [-0.1, -0.05) is 46.9 Å². The lowest BCUT2D eigenvalue weighted by Crippen LogP contribution is -2.11. The van der Waals surface area contributed by atoms with Gasteiger partial charge in [-0.05, 0) is 23.0 Å². The fraction of sp³-hybridized carbons (Fsp3) is 0.500. The molecule has 1 nitrogen and oxygen atoms in total. The molecule has 1 heteroatoms. The minimum Gasteiger partial charge on any atom is -0.398 e. The molecule has 0 aliphatic rings. The van der Waals surface area contributed by atoms with Crippen molar-refractivity contribution in [1.82, 2.24) is 0 Å². The van der Waals surface area contributed by atoms with Crippen LogP contribution >= 0.6 is 0 Å².